The van der Waals surface area contributed by atoms with Crippen molar-refractivity contribution < 1.29 is 4.79 Å². The lowest BCUT2D eigenvalue weighted by Crippen LogP contribution is -2.34. The van der Waals surface area contributed by atoms with Crippen molar-refractivity contribution >= 4 is 5.78 Å². The topological polar surface area (TPSA) is 43.1 Å². The maximum Gasteiger partial charge on any atom is 0.175 e. The van der Waals surface area contributed by atoms with Gasteiger partial charge in [-0.3, -0.25) is 4.79 Å². The highest BCUT2D eigenvalue weighted by Crippen LogP contribution is 2.19. The molecule has 2 N–H and O–H groups in total. The molecule has 0 aromatic heterocycles. The highest BCUT2D eigenvalue weighted by molar-refractivity contribution is 6.00. The molecule has 0 radical (unpaired) electrons. The maximum absolute atomic E-state index is 11.2. The van der Waals surface area contributed by atoms with Gasteiger partial charge in [-0.1, -0.05) is 33.3 Å². The molecule has 1 rings (SSSR count). The molecule has 0 aliphatic heterocycles. The number of rotatable bonds is 0. The molecule has 0 aromatic rings. The van der Waals surface area contributed by atoms with E-state index in [1.807, 2.05) is 41.5 Å². The monoisotopic (exact) mass is 199 g/mol. The van der Waals surface area contributed by atoms with Crippen molar-refractivity contribution in [3.63, 3.8) is 0 Å². The van der Waals surface area contributed by atoms with Gasteiger partial charge >= 0.3 is 0 Å². The molecule has 1 aliphatic rings. The van der Waals surface area contributed by atoms with E-state index in [9.17, 15) is 4.79 Å². The molecule has 1 atom stereocenters. The highest BCUT2D eigenvalue weighted by atomic mass is 16.1. The van der Waals surface area contributed by atoms with E-state index in [-0.39, 0.29) is 11.8 Å². The number of Topliss-reactive ketones (excluding diaryl/α,β-unsaturated/α-hetero) is 1. The Labute approximate surface area is 88.6 Å². The number of nitrogens with two attached hydrogens (primary N) is 1. The smallest absolute Gasteiger partial charge is 0.175 e. The van der Waals surface area contributed by atoms with Crippen molar-refractivity contribution in [1.29, 1.82) is 0 Å². The molecule has 2 heteroatoms. The maximum atomic E-state index is 11.2. The quantitative estimate of drug-likeness (QED) is 0.651. The summed E-state index contributed by atoms with van der Waals surface area (Å²) < 4.78 is 0. The first-order valence-corrected chi connectivity index (χ1v) is 5.59. The highest BCUT2D eigenvalue weighted by Gasteiger charge is 2.21. The van der Waals surface area contributed by atoms with Crippen molar-refractivity contribution in [2.45, 2.75) is 60.4 Å². The normalized spacial score (nSPS) is 20.5. The summed E-state index contributed by atoms with van der Waals surface area (Å²) in [6.07, 6.45) is 1.81. The molecule has 0 saturated carbocycles. The lowest BCUT2D eigenvalue weighted by Gasteiger charge is -2.18. The Hall–Kier alpha value is -0.630. The van der Waals surface area contributed by atoms with Crippen LogP contribution in [0.5, 0.6) is 0 Å². The fraction of sp³-hybridized carbons (Fsp3) is 0.750. The number of hydrogen-bond donors (Lipinski definition) is 1. The third-order valence-corrected chi connectivity index (χ3v) is 2.18. The molecule has 1 aliphatic carbocycles. The number of ketones is 1. The van der Waals surface area contributed by atoms with E-state index in [1.165, 1.54) is 5.57 Å². The van der Waals surface area contributed by atoms with Crippen LogP contribution in [0, 0.1) is 0 Å². The van der Waals surface area contributed by atoms with Crippen LogP contribution in [0.15, 0.2) is 11.1 Å². The lowest BCUT2D eigenvalue weighted by atomic mass is 9.89. The van der Waals surface area contributed by atoms with Gasteiger partial charge in [0.15, 0.2) is 5.78 Å². The first kappa shape index (κ1) is 15.8. The van der Waals surface area contributed by atoms with Gasteiger partial charge in [0, 0.05) is 0 Å². The molecule has 14 heavy (non-hydrogen) atoms. The van der Waals surface area contributed by atoms with E-state index < -0.39 is 0 Å². The van der Waals surface area contributed by atoms with Gasteiger partial charge in [0.2, 0.25) is 0 Å². The zero-order chi connectivity index (χ0) is 11.7. The summed E-state index contributed by atoms with van der Waals surface area (Å²) in [4.78, 5) is 11.2. The summed E-state index contributed by atoms with van der Waals surface area (Å²) in [5.74, 6) is 0.128. The second-order valence-electron chi connectivity index (χ2n) is 2.91. The van der Waals surface area contributed by atoms with Crippen LogP contribution in [0.2, 0.25) is 0 Å². The van der Waals surface area contributed by atoms with Crippen LogP contribution in [-0.4, -0.2) is 11.8 Å². The van der Waals surface area contributed by atoms with Gasteiger partial charge in [-0.15, -0.1) is 0 Å². The van der Waals surface area contributed by atoms with E-state index in [1.54, 1.807) is 0 Å². The van der Waals surface area contributed by atoms with Crippen LogP contribution in [0.25, 0.3) is 0 Å². The molecular weight excluding hydrogens is 174 g/mol. The van der Waals surface area contributed by atoms with Crippen molar-refractivity contribution in [2.24, 2.45) is 5.73 Å². The zero-order valence-electron chi connectivity index (χ0n) is 10.5. The summed E-state index contributed by atoms with van der Waals surface area (Å²) in [6.45, 7) is 11.9. The van der Waals surface area contributed by atoms with Crippen LogP contribution in [-0.2, 0) is 4.79 Å². The third-order valence-electron chi connectivity index (χ3n) is 2.18. The summed E-state index contributed by atoms with van der Waals surface area (Å²) in [5, 5.41) is 0. The summed E-state index contributed by atoms with van der Waals surface area (Å²) in [6, 6.07) is -0.233. The number of carbonyl (C=O) groups is 1. The van der Waals surface area contributed by atoms with E-state index in [0.717, 1.165) is 18.4 Å². The van der Waals surface area contributed by atoms with Crippen LogP contribution in [0.4, 0.5) is 0 Å². The summed E-state index contributed by atoms with van der Waals surface area (Å²) in [5.41, 5.74) is 7.62. The van der Waals surface area contributed by atoms with Crippen molar-refractivity contribution in [3.05, 3.63) is 11.1 Å². The predicted octanol–water partition coefficient (Wildman–Crippen LogP) is 3.07. The van der Waals surface area contributed by atoms with Crippen LogP contribution in [0.3, 0.4) is 0 Å². The molecule has 0 amide bonds. The summed E-state index contributed by atoms with van der Waals surface area (Å²) in [7, 11) is 0. The minimum absolute atomic E-state index is 0.128. The molecule has 0 aromatic carbocycles. The van der Waals surface area contributed by atoms with E-state index in [2.05, 4.69) is 0 Å². The van der Waals surface area contributed by atoms with Gasteiger partial charge in [-0.25, -0.2) is 0 Å². The van der Waals surface area contributed by atoms with Crippen LogP contribution < -0.4 is 5.73 Å². The molecule has 0 fully saturated rings. The first-order chi connectivity index (χ1) is 6.63. The molecule has 2 nitrogen and oxygen atoms in total. The first-order valence-electron chi connectivity index (χ1n) is 5.59. The molecule has 0 heterocycles. The van der Waals surface area contributed by atoms with Gasteiger partial charge in [0.25, 0.3) is 0 Å². The van der Waals surface area contributed by atoms with Crippen molar-refractivity contribution in [2.75, 3.05) is 0 Å². The van der Waals surface area contributed by atoms with Gasteiger partial charge in [0.1, 0.15) is 0 Å². The fourth-order valence-electron chi connectivity index (χ4n) is 1.18. The Bertz CT molecular complexity index is 194. The average Bonchev–Trinajstić information content (AvgIpc) is 2.26. The SMILES string of the molecule is CC.CC.CC1=C(C)C(=O)C(N)CC1. The Morgan fingerprint density at radius 3 is 1.93 bits per heavy atom. The standard InChI is InChI=1S/C8H13NO.2C2H6/c1-5-3-4-7(9)8(10)6(5)2;2*1-2/h7H,3-4,9H2,1-2H3;2*1-2H3. The van der Waals surface area contributed by atoms with Gasteiger partial charge < -0.3 is 5.73 Å². The largest absolute Gasteiger partial charge is 0.321 e. The zero-order valence-corrected chi connectivity index (χ0v) is 10.5. The molecule has 84 valence electrons. The third kappa shape index (κ3) is 4.56. The molecule has 0 bridgehead atoms. The second kappa shape index (κ2) is 8.95. The summed E-state index contributed by atoms with van der Waals surface area (Å²) >= 11 is 0. The van der Waals surface area contributed by atoms with Gasteiger partial charge in [0.05, 0.1) is 6.04 Å². The predicted molar refractivity (Wildman–Crippen MR) is 63.3 cm³/mol. The Kier molecular flexibility index (Phi) is 10.1. The minimum atomic E-state index is -0.233. The van der Waals surface area contributed by atoms with Crippen molar-refractivity contribution in [3.8, 4) is 0 Å². The Morgan fingerprint density at radius 2 is 1.57 bits per heavy atom. The van der Waals surface area contributed by atoms with Crippen LogP contribution >= 0.6 is 0 Å². The Morgan fingerprint density at radius 1 is 1.14 bits per heavy atom. The fourth-order valence-corrected chi connectivity index (χ4v) is 1.18. The van der Waals surface area contributed by atoms with Crippen molar-refractivity contribution in [1.82, 2.24) is 0 Å². The number of hydrogen-bond acceptors (Lipinski definition) is 2. The molecular formula is C12H25NO. The lowest BCUT2D eigenvalue weighted by molar-refractivity contribution is -0.117. The van der Waals surface area contributed by atoms with Crippen LogP contribution in [0.1, 0.15) is 54.4 Å². The van der Waals surface area contributed by atoms with Gasteiger partial charge in [-0.05, 0) is 32.3 Å². The Balaban J connectivity index is 0. The van der Waals surface area contributed by atoms with E-state index in [0.29, 0.717) is 0 Å². The second-order valence-corrected chi connectivity index (χ2v) is 2.91. The van der Waals surface area contributed by atoms with E-state index >= 15 is 0 Å². The van der Waals surface area contributed by atoms with E-state index in [4.69, 9.17) is 5.73 Å². The number of allylic oxidation sites excluding steroid dienone is 1. The van der Waals surface area contributed by atoms with Gasteiger partial charge in [-0.2, -0.15) is 0 Å². The number of carbonyl (C=O) groups excluding carboxylic acids is 1. The molecule has 0 saturated heterocycles. The average molecular weight is 199 g/mol. The minimum Gasteiger partial charge on any atom is -0.321 e. The molecule has 1 unspecified atom stereocenters. The molecule has 0 spiro atoms.